The maximum atomic E-state index is 13.6. The SMILES string of the molecule is Cc1nn(C)c(F)c1/C=N/NC(=O)COc1ccc(F)cc1. The van der Waals surface area contributed by atoms with Crippen molar-refractivity contribution >= 4 is 12.1 Å². The van der Waals surface area contributed by atoms with E-state index in [4.69, 9.17) is 4.74 Å². The van der Waals surface area contributed by atoms with E-state index in [1.54, 1.807) is 6.92 Å². The van der Waals surface area contributed by atoms with Gasteiger partial charge in [0.2, 0.25) is 5.95 Å². The van der Waals surface area contributed by atoms with E-state index in [1.165, 1.54) is 37.5 Å². The number of rotatable bonds is 5. The van der Waals surface area contributed by atoms with Gasteiger partial charge in [0.15, 0.2) is 6.61 Å². The number of nitrogens with zero attached hydrogens (tertiary/aromatic N) is 3. The molecule has 22 heavy (non-hydrogen) atoms. The summed E-state index contributed by atoms with van der Waals surface area (Å²) < 4.78 is 32.5. The number of halogens is 2. The Morgan fingerprint density at radius 3 is 2.68 bits per heavy atom. The van der Waals surface area contributed by atoms with Crippen LogP contribution in [0.25, 0.3) is 0 Å². The second-order valence-corrected chi connectivity index (χ2v) is 4.45. The topological polar surface area (TPSA) is 68.5 Å². The van der Waals surface area contributed by atoms with Crippen molar-refractivity contribution in [1.29, 1.82) is 0 Å². The smallest absolute Gasteiger partial charge is 0.277 e. The molecule has 116 valence electrons. The summed E-state index contributed by atoms with van der Waals surface area (Å²) in [7, 11) is 1.47. The molecule has 2 rings (SSSR count). The largest absolute Gasteiger partial charge is 0.484 e. The van der Waals surface area contributed by atoms with Gasteiger partial charge >= 0.3 is 0 Å². The first-order valence-electron chi connectivity index (χ1n) is 6.36. The van der Waals surface area contributed by atoms with E-state index < -0.39 is 17.7 Å². The molecule has 1 heterocycles. The molecule has 0 unspecified atom stereocenters. The molecule has 0 spiro atoms. The van der Waals surface area contributed by atoms with Gasteiger partial charge in [0.25, 0.3) is 5.91 Å². The number of hydrogen-bond donors (Lipinski definition) is 1. The highest BCUT2D eigenvalue weighted by Crippen LogP contribution is 2.10. The van der Waals surface area contributed by atoms with E-state index in [1.807, 2.05) is 0 Å². The quantitative estimate of drug-likeness (QED) is 0.673. The summed E-state index contributed by atoms with van der Waals surface area (Å²) in [6.45, 7) is 1.33. The van der Waals surface area contributed by atoms with Crippen LogP contribution in [0.2, 0.25) is 0 Å². The van der Waals surface area contributed by atoms with Crippen molar-refractivity contribution in [2.24, 2.45) is 12.1 Å². The Morgan fingerprint density at radius 2 is 2.09 bits per heavy atom. The number of hydrogen-bond acceptors (Lipinski definition) is 4. The lowest BCUT2D eigenvalue weighted by Gasteiger charge is -2.04. The molecule has 2 aromatic rings. The number of hydrazone groups is 1. The van der Waals surface area contributed by atoms with Gasteiger partial charge in [0.05, 0.1) is 17.5 Å². The van der Waals surface area contributed by atoms with Gasteiger partial charge in [-0.25, -0.2) is 14.5 Å². The summed E-state index contributed by atoms with van der Waals surface area (Å²) in [6.07, 6.45) is 1.17. The van der Waals surface area contributed by atoms with Gasteiger partial charge in [-0.1, -0.05) is 0 Å². The molecular formula is C14H14F2N4O2. The van der Waals surface area contributed by atoms with E-state index >= 15 is 0 Å². The van der Waals surface area contributed by atoms with E-state index in [-0.39, 0.29) is 12.2 Å². The monoisotopic (exact) mass is 308 g/mol. The zero-order valence-electron chi connectivity index (χ0n) is 12.0. The zero-order chi connectivity index (χ0) is 16.1. The molecule has 0 radical (unpaired) electrons. The number of aromatic nitrogens is 2. The van der Waals surface area contributed by atoms with E-state index in [0.29, 0.717) is 11.4 Å². The number of ether oxygens (including phenoxy) is 1. The molecule has 0 aliphatic carbocycles. The average Bonchev–Trinajstić information content (AvgIpc) is 2.73. The van der Waals surface area contributed by atoms with Crippen LogP contribution in [0.15, 0.2) is 29.4 Å². The fourth-order valence-corrected chi connectivity index (χ4v) is 1.67. The third-order valence-corrected chi connectivity index (χ3v) is 2.76. The molecular weight excluding hydrogens is 294 g/mol. The second-order valence-electron chi connectivity index (χ2n) is 4.45. The lowest BCUT2D eigenvalue weighted by Crippen LogP contribution is -2.24. The normalized spacial score (nSPS) is 10.9. The van der Waals surface area contributed by atoms with Crippen LogP contribution in [0.1, 0.15) is 11.3 Å². The van der Waals surface area contributed by atoms with Crippen molar-refractivity contribution in [1.82, 2.24) is 15.2 Å². The molecule has 0 aliphatic rings. The van der Waals surface area contributed by atoms with Crippen LogP contribution in [0, 0.1) is 18.7 Å². The molecule has 8 heteroatoms. The number of amides is 1. The Labute approximate surface area is 125 Å². The van der Waals surface area contributed by atoms with Crippen LogP contribution in [0.3, 0.4) is 0 Å². The van der Waals surface area contributed by atoms with Crippen LogP contribution in [0.5, 0.6) is 5.75 Å². The molecule has 1 aromatic carbocycles. The molecule has 0 fully saturated rings. The van der Waals surface area contributed by atoms with Gasteiger partial charge < -0.3 is 4.74 Å². The first kappa shape index (κ1) is 15.6. The van der Waals surface area contributed by atoms with Crippen LogP contribution in [-0.2, 0) is 11.8 Å². The molecule has 0 saturated carbocycles. The summed E-state index contributed by atoms with van der Waals surface area (Å²) in [4.78, 5) is 11.5. The third-order valence-electron chi connectivity index (χ3n) is 2.76. The van der Waals surface area contributed by atoms with Gasteiger partial charge in [0, 0.05) is 7.05 Å². The third kappa shape index (κ3) is 3.87. The standard InChI is InChI=1S/C14H14F2N4O2/c1-9-12(14(16)20(2)19-9)7-17-18-13(21)8-22-11-5-3-10(15)4-6-11/h3-7H,8H2,1-2H3,(H,18,21)/b17-7+. The van der Waals surface area contributed by atoms with Gasteiger partial charge in [-0.3, -0.25) is 4.79 Å². The van der Waals surface area contributed by atoms with Crippen molar-refractivity contribution in [3.63, 3.8) is 0 Å². The highest BCUT2D eigenvalue weighted by atomic mass is 19.1. The highest BCUT2D eigenvalue weighted by molar-refractivity contribution is 5.83. The predicted octanol–water partition coefficient (Wildman–Crippen LogP) is 1.54. The number of carbonyl (C=O) groups is 1. The van der Waals surface area contributed by atoms with Gasteiger partial charge in [-0.2, -0.15) is 14.6 Å². The summed E-state index contributed by atoms with van der Waals surface area (Å²) in [5.41, 5.74) is 2.86. The fraction of sp³-hybridized carbons (Fsp3) is 0.214. The number of carbonyl (C=O) groups excluding carboxylic acids is 1. The lowest BCUT2D eigenvalue weighted by molar-refractivity contribution is -0.123. The molecule has 6 nitrogen and oxygen atoms in total. The molecule has 0 atom stereocenters. The van der Waals surface area contributed by atoms with Crippen molar-refractivity contribution in [2.75, 3.05) is 6.61 Å². The lowest BCUT2D eigenvalue weighted by atomic mass is 10.3. The highest BCUT2D eigenvalue weighted by Gasteiger charge is 2.10. The van der Waals surface area contributed by atoms with Crippen molar-refractivity contribution in [2.45, 2.75) is 6.92 Å². The number of aryl methyl sites for hydroxylation is 2. The fourth-order valence-electron chi connectivity index (χ4n) is 1.67. The zero-order valence-corrected chi connectivity index (χ0v) is 12.0. The Kier molecular flexibility index (Phi) is 4.82. The average molecular weight is 308 g/mol. The second kappa shape index (κ2) is 6.79. The predicted molar refractivity (Wildman–Crippen MR) is 75.5 cm³/mol. The molecule has 0 bridgehead atoms. The van der Waals surface area contributed by atoms with Crippen LogP contribution in [0.4, 0.5) is 8.78 Å². The van der Waals surface area contributed by atoms with Gasteiger partial charge in [-0.15, -0.1) is 0 Å². The molecule has 1 N–H and O–H groups in total. The van der Waals surface area contributed by atoms with Gasteiger partial charge in [-0.05, 0) is 31.2 Å². The minimum Gasteiger partial charge on any atom is -0.484 e. The maximum Gasteiger partial charge on any atom is 0.277 e. The van der Waals surface area contributed by atoms with Crippen molar-refractivity contribution in [3.8, 4) is 5.75 Å². The van der Waals surface area contributed by atoms with E-state index in [2.05, 4.69) is 15.6 Å². The Bertz CT molecular complexity index is 696. The summed E-state index contributed by atoms with van der Waals surface area (Å²) in [5.74, 6) is -1.11. The maximum absolute atomic E-state index is 13.6. The first-order chi connectivity index (χ1) is 10.5. The molecule has 1 amide bonds. The summed E-state index contributed by atoms with van der Waals surface area (Å²) >= 11 is 0. The van der Waals surface area contributed by atoms with Gasteiger partial charge in [0.1, 0.15) is 11.6 Å². The Balaban J connectivity index is 1.85. The number of benzene rings is 1. The Morgan fingerprint density at radius 1 is 1.41 bits per heavy atom. The van der Waals surface area contributed by atoms with Crippen LogP contribution in [-0.4, -0.2) is 28.5 Å². The molecule has 0 aliphatic heterocycles. The van der Waals surface area contributed by atoms with Crippen LogP contribution < -0.4 is 10.2 Å². The Hall–Kier alpha value is -2.77. The summed E-state index contributed by atoms with van der Waals surface area (Å²) in [6, 6.07) is 5.25. The minimum atomic E-state index is -0.543. The van der Waals surface area contributed by atoms with Crippen molar-refractivity contribution < 1.29 is 18.3 Å². The molecule has 1 aromatic heterocycles. The van der Waals surface area contributed by atoms with E-state index in [9.17, 15) is 13.6 Å². The van der Waals surface area contributed by atoms with E-state index in [0.717, 1.165) is 4.68 Å². The summed E-state index contributed by atoms with van der Waals surface area (Å²) in [5, 5.41) is 7.52. The number of nitrogens with one attached hydrogen (secondary N) is 1. The molecule has 0 saturated heterocycles. The minimum absolute atomic E-state index is 0.197. The van der Waals surface area contributed by atoms with Crippen molar-refractivity contribution in [3.05, 3.63) is 47.3 Å². The first-order valence-corrected chi connectivity index (χ1v) is 6.36. The van der Waals surface area contributed by atoms with Crippen LogP contribution >= 0.6 is 0 Å².